The zero-order valence-electron chi connectivity index (χ0n) is 14.1. The van der Waals surface area contributed by atoms with Crippen LogP contribution in [0.25, 0.3) is 0 Å². The fraction of sp³-hybridized carbons (Fsp3) is 0.150. The molecule has 0 saturated carbocycles. The lowest BCUT2D eigenvalue weighted by Gasteiger charge is -2.06. The molecule has 0 aliphatic heterocycles. The highest BCUT2D eigenvalue weighted by molar-refractivity contribution is 6.02. The van der Waals surface area contributed by atoms with Gasteiger partial charge in [0, 0.05) is 5.69 Å². The first-order valence-electron chi connectivity index (χ1n) is 7.88. The van der Waals surface area contributed by atoms with Crippen LogP contribution in [0.2, 0.25) is 0 Å². The van der Waals surface area contributed by atoms with Crippen LogP contribution in [-0.4, -0.2) is 13.0 Å². The van der Waals surface area contributed by atoms with E-state index in [1.807, 2.05) is 55.5 Å². The summed E-state index contributed by atoms with van der Waals surface area (Å²) in [5.74, 6) is 2.00. The maximum Gasteiger partial charge on any atom is 0.291 e. The summed E-state index contributed by atoms with van der Waals surface area (Å²) in [7, 11) is 1.61. The summed E-state index contributed by atoms with van der Waals surface area (Å²) in [6, 6.07) is 18.2. The van der Waals surface area contributed by atoms with Crippen molar-refractivity contribution in [1.82, 2.24) is 0 Å². The lowest BCUT2D eigenvalue weighted by atomic mass is 10.2. The molecule has 0 spiro atoms. The van der Waals surface area contributed by atoms with Gasteiger partial charge in [-0.3, -0.25) is 4.79 Å². The van der Waals surface area contributed by atoms with E-state index >= 15 is 0 Å². The van der Waals surface area contributed by atoms with E-state index < -0.39 is 0 Å². The van der Waals surface area contributed by atoms with Crippen LogP contribution in [-0.2, 0) is 6.61 Å². The third-order valence-corrected chi connectivity index (χ3v) is 3.72. The standard InChI is InChI=1S/C20H19NO4/c1-14-5-3-4-6-18(14)21-20(22)19-12-11-17(25-19)13-24-16-9-7-15(23-2)8-10-16/h3-12H,13H2,1-2H3,(H,21,22). The average Bonchev–Trinajstić information content (AvgIpc) is 3.11. The monoisotopic (exact) mass is 337 g/mol. The number of ether oxygens (including phenoxy) is 2. The van der Waals surface area contributed by atoms with Crippen LogP contribution in [0.4, 0.5) is 5.69 Å². The highest BCUT2D eigenvalue weighted by Gasteiger charge is 2.12. The van der Waals surface area contributed by atoms with E-state index in [1.165, 1.54) is 0 Å². The van der Waals surface area contributed by atoms with E-state index in [-0.39, 0.29) is 18.3 Å². The Hall–Kier alpha value is -3.21. The number of amides is 1. The van der Waals surface area contributed by atoms with Crippen molar-refractivity contribution in [1.29, 1.82) is 0 Å². The van der Waals surface area contributed by atoms with Gasteiger partial charge in [-0.05, 0) is 55.0 Å². The molecule has 1 aromatic heterocycles. The number of furan rings is 1. The molecule has 0 aliphatic carbocycles. The zero-order chi connectivity index (χ0) is 17.6. The summed E-state index contributed by atoms with van der Waals surface area (Å²) in [5.41, 5.74) is 1.76. The first-order chi connectivity index (χ1) is 12.2. The number of para-hydroxylation sites is 1. The fourth-order valence-electron chi connectivity index (χ4n) is 2.30. The van der Waals surface area contributed by atoms with Gasteiger partial charge in [0.2, 0.25) is 0 Å². The molecule has 128 valence electrons. The van der Waals surface area contributed by atoms with Crippen molar-refractivity contribution in [2.75, 3.05) is 12.4 Å². The first kappa shape index (κ1) is 16.6. The van der Waals surface area contributed by atoms with E-state index in [2.05, 4.69) is 5.32 Å². The number of nitrogens with one attached hydrogen (secondary N) is 1. The van der Waals surface area contributed by atoms with E-state index in [1.54, 1.807) is 19.2 Å². The van der Waals surface area contributed by atoms with Crippen LogP contribution in [0.15, 0.2) is 65.1 Å². The molecule has 3 rings (SSSR count). The van der Waals surface area contributed by atoms with Crippen molar-refractivity contribution in [3.63, 3.8) is 0 Å². The molecule has 0 unspecified atom stereocenters. The Balaban J connectivity index is 1.59. The molecular weight excluding hydrogens is 318 g/mol. The van der Waals surface area contributed by atoms with Gasteiger partial charge in [0.15, 0.2) is 5.76 Å². The van der Waals surface area contributed by atoms with Crippen LogP contribution >= 0.6 is 0 Å². The van der Waals surface area contributed by atoms with Crippen LogP contribution < -0.4 is 14.8 Å². The van der Waals surface area contributed by atoms with Gasteiger partial charge in [-0.25, -0.2) is 0 Å². The van der Waals surface area contributed by atoms with Crippen molar-refractivity contribution in [3.8, 4) is 11.5 Å². The van der Waals surface area contributed by atoms with E-state index in [4.69, 9.17) is 13.9 Å². The smallest absolute Gasteiger partial charge is 0.291 e. The Morgan fingerprint density at radius 3 is 2.44 bits per heavy atom. The molecule has 0 aliphatic rings. The number of carbonyl (C=O) groups is 1. The molecule has 0 bridgehead atoms. The van der Waals surface area contributed by atoms with Crippen LogP contribution in [0.1, 0.15) is 21.9 Å². The maximum absolute atomic E-state index is 12.3. The number of anilines is 1. The highest BCUT2D eigenvalue weighted by Crippen LogP contribution is 2.20. The quantitative estimate of drug-likeness (QED) is 0.723. The summed E-state index contributed by atoms with van der Waals surface area (Å²) >= 11 is 0. The SMILES string of the molecule is COc1ccc(OCc2ccc(C(=O)Nc3ccccc3C)o2)cc1. The largest absolute Gasteiger partial charge is 0.497 e. The lowest BCUT2D eigenvalue weighted by molar-refractivity contribution is 0.0992. The van der Waals surface area contributed by atoms with Gasteiger partial charge < -0.3 is 19.2 Å². The number of benzene rings is 2. The number of hydrogen-bond acceptors (Lipinski definition) is 4. The molecule has 0 saturated heterocycles. The number of hydrogen-bond donors (Lipinski definition) is 1. The topological polar surface area (TPSA) is 60.7 Å². The van der Waals surface area contributed by atoms with Crippen molar-refractivity contribution < 1.29 is 18.7 Å². The second-order valence-corrected chi connectivity index (χ2v) is 5.50. The summed E-state index contributed by atoms with van der Waals surface area (Å²) in [4.78, 5) is 12.3. The number of methoxy groups -OCH3 is 1. The molecule has 1 amide bonds. The number of aryl methyl sites for hydroxylation is 1. The molecule has 5 heteroatoms. The number of carbonyl (C=O) groups excluding carboxylic acids is 1. The molecule has 0 radical (unpaired) electrons. The molecule has 25 heavy (non-hydrogen) atoms. The molecule has 3 aromatic rings. The Kier molecular flexibility index (Phi) is 5.04. The molecule has 2 aromatic carbocycles. The zero-order valence-corrected chi connectivity index (χ0v) is 14.1. The highest BCUT2D eigenvalue weighted by atomic mass is 16.5. The van der Waals surface area contributed by atoms with Gasteiger partial charge in [-0.15, -0.1) is 0 Å². The fourth-order valence-corrected chi connectivity index (χ4v) is 2.30. The minimum atomic E-state index is -0.287. The van der Waals surface area contributed by atoms with Gasteiger partial charge in [0.05, 0.1) is 7.11 Å². The van der Waals surface area contributed by atoms with Crippen molar-refractivity contribution in [3.05, 3.63) is 77.7 Å². The number of rotatable bonds is 6. The van der Waals surface area contributed by atoms with Crippen molar-refractivity contribution in [2.24, 2.45) is 0 Å². The molecule has 0 fully saturated rings. The van der Waals surface area contributed by atoms with Gasteiger partial charge in [0.1, 0.15) is 23.9 Å². The van der Waals surface area contributed by atoms with Crippen molar-refractivity contribution in [2.45, 2.75) is 13.5 Å². The van der Waals surface area contributed by atoms with Gasteiger partial charge in [-0.2, -0.15) is 0 Å². The van der Waals surface area contributed by atoms with Gasteiger partial charge in [0.25, 0.3) is 5.91 Å². The van der Waals surface area contributed by atoms with E-state index in [0.717, 1.165) is 17.0 Å². The first-order valence-corrected chi connectivity index (χ1v) is 7.88. The molecular formula is C20H19NO4. The third-order valence-electron chi connectivity index (χ3n) is 3.72. The summed E-state index contributed by atoms with van der Waals surface area (Å²) in [6.45, 7) is 2.18. The summed E-state index contributed by atoms with van der Waals surface area (Å²) in [5, 5.41) is 2.84. The maximum atomic E-state index is 12.3. The normalized spacial score (nSPS) is 10.3. The third kappa shape index (κ3) is 4.20. The Morgan fingerprint density at radius 1 is 1.00 bits per heavy atom. The molecule has 1 N–H and O–H groups in total. The predicted molar refractivity (Wildman–Crippen MR) is 95.2 cm³/mol. The summed E-state index contributed by atoms with van der Waals surface area (Å²) < 4.78 is 16.3. The Morgan fingerprint density at radius 2 is 1.72 bits per heavy atom. The molecule has 5 nitrogen and oxygen atoms in total. The van der Waals surface area contributed by atoms with E-state index in [0.29, 0.717) is 11.5 Å². The Labute approximate surface area is 146 Å². The molecule has 0 atom stereocenters. The predicted octanol–water partition coefficient (Wildman–Crippen LogP) is 4.43. The van der Waals surface area contributed by atoms with Crippen LogP contribution in [0.5, 0.6) is 11.5 Å². The molecule has 1 heterocycles. The lowest BCUT2D eigenvalue weighted by Crippen LogP contribution is -2.11. The van der Waals surface area contributed by atoms with Gasteiger partial charge >= 0.3 is 0 Å². The minimum absolute atomic E-state index is 0.240. The van der Waals surface area contributed by atoms with Crippen LogP contribution in [0.3, 0.4) is 0 Å². The average molecular weight is 337 g/mol. The minimum Gasteiger partial charge on any atom is -0.497 e. The summed E-state index contributed by atoms with van der Waals surface area (Å²) in [6.07, 6.45) is 0. The van der Waals surface area contributed by atoms with E-state index in [9.17, 15) is 4.79 Å². The van der Waals surface area contributed by atoms with Crippen LogP contribution in [0, 0.1) is 6.92 Å². The Bertz CT molecular complexity index is 852. The second-order valence-electron chi connectivity index (χ2n) is 5.50. The van der Waals surface area contributed by atoms with Crippen molar-refractivity contribution >= 4 is 11.6 Å². The second kappa shape index (κ2) is 7.57. The van der Waals surface area contributed by atoms with Gasteiger partial charge in [-0.1, -0.05) is 18.2 Å².